The molecule has 0 aliphatic heterocycles. The minimum atomic E-state index is -3.39. The summed E-state index contributed by atoms with van der Waals surface area (Å²) in [5.74, 6) is 1.95. The van der Waals surface area contributed by atoms with Crippen molar-refractivity contribution in [1.29, 1.82) is 0 Å². The van der Waals surface area contributed by atoms with Gasteiger partial charge in [-0.05, 0) is 18.2 Å². The number of methoxy groups -OCH3 is 1. The lowest BCUT2D eigenvalue weighted by molar-refractivity contribution is 0.416. The summed E-state index contributed by atoms with van der Waals surface area (Å²) in [4.78, 5) is 9.70. The van der Waals surface area contributed by atoms with Crippen LogP contribution in [0.1, 0.15) is 6.92 Å². The van der Waals surface area contributed by atoms with Gasteiger partial charge in [0.1, 0.15) is 5.75 Å². The predicted molar refractivity (Wildman–Crippen MR) is 142 cm³/mol. The Morgan fingerprint density at radius 2 is 1.59 bits per heavy atom. The van der Waals surface area contributed by atoms with Gasteiger partial charge in [0.15, 0.2) is 27.3 Å². The van der Waals surface area contributed by atoms with Crippen LogP contribution >= 0.6 is 0 Å². The van der Waals surface area contributed by atoms with E-state index in [9.17, 15) is 8.42 Å². The molecule has 0 fully saturated rings. The van der Waals surface area contributed by atoms with Crippen LogP contribution in [0.5, 0.6) is 5.75 Å². The van der Waals surface area contributed by atoms with E-state index >= 15 is 0 Å². The fourth-order valence-electron chi connectivity index (χ4n) is 3.74. The molecule has 37 heavy (non-hydrogen) atoms. The number of hydrogen-bond donors (Lipinski definition) is 1. The van der Waals surface area contributed by atoms with Crippen LogP contribution in [-0.4, -0.2) is 46.2 Å². The molecule has 3 aromatic carbocycles. The highest BCUT2D eigenvalue weighted by Crippen LogP contribution is 2.30. The number of ether oxygens (including phenoxy) is 1. The van der Waals surface area contributed by atoms with Crippen molar-refractivity contribution < 1.29 is 13.2 Å². The molecule has 2 heterocycles. The molecule has 1 N–H and O–H groups in total. The second-order valence-corrected chi connectivity index (χ2v) is 10.4. The Balaban J connectivity index is 1.53. The standard InChI is InChI=1S/C27H24N6O3S/c1-3-37(34,35)21-14-15-24(36-2)23(16-21)28-25-18-33(32-31-25)26-17-22(19-10-6-4-7-11-19)29-27(30-26)20-12-8-5-9-13-20/h4-18,28H,3H2,1-2H3. The number of rotatable bonds is 8. The highest BCUT2D eigenvalue weighted by atomic mass is 32.2. The molecule has 0 bridgehead atoms. The molecule has 0 saturated heterocycles. The molecule has 10 heteroatoms. The van der Waals surface area contributed by atoms with Crippen molar-refractivity contribution in [2.45, 2.75) is 11.8 Å². The largest absolute Gasteiger partial charge is 0.495 e. The molecule has 0 spiro atoms. The maximum Gasteiger partial charge on any atom is 0.178 e. The lowest BCUT2D eigenvalue weighted by atomic mass is 10.1. The topological polar surface area (TPSA) is 112 Å². The molecule has 2 aromatic heterocycles. The van der Waals surface area contributed by atoms with Crippen LogP contribution in [0.3, 0.4) is 0 Å². The van der Waals surface area contributed by atoms with Crippen molar-refractivity contribution in [3.63, 3.8) is 0 Å². The molecule has 0 saturated carbocycles. The fourth-order valence-corrected chi connectivity index (χ4v) is 4.65. The van der Waals surface area contributed by atoms with Crippen molar-refractivity contribution in [2.24, 2.45) is 0 Å². The van der Waals surface area contributed by atoms with E-state index in [4.69, 9.17) is 14.7 Å². The van der Waals surface area contributed by atoms with E-state index in [0.29, 0.717) is 28.9 Å². The third kappa shape index (κ3) is 5.19. The van der Waals surface area contributed by atoms with Crippen LogP contribution in [0.25, 0.3) is 28.5 Å². The summed E-state index contributed by atoms with van der Waals surface area (Å²) in [6, 6.07) is 26.1. The van der Waals surface area contributed by atoms with E-state index in [1.54, 1.807) is 23.9 Å². The molecule has 0 unspecified atom stereocenters. The number of nitrogens with zero attached hydrogens (tertiary/aromatic N) is 5. The van der Waals surface area contributed by atoms with Crippen LogP contribution in [0.4, 0.5) is 11.5 Å². The lowest BCUT2D eigenvalue weighted by Gasteiger charge is -2.11. The molecule has 0 aliphatic rings. The Bertz CT molecular complexity index is 1580. The molecule has 5 rings (SSSR count). The average Bonchev–Trinajstić information content (AvgIpc) is 3.42. The second-order valence-electron chi connectivity index (χ2n) is 8.11. The molecule has 0 amide bonds. The van der Waals surface area contributed by atoms with Crippen molar-refractivity contribution in [3.8, 4) is 34.2 Å². The van der Waals surface area contributed by atoms with Crippen LogP contribution in [0, 0.1) is 0 Å². The van der Waals surface area contributed by atoms with Crippen molar-refractivity contribution in [2.75, 3.05) is 18.2 Å². The maximum atomic E-state index is 12.4. The van der Waals surface area contributed by atoms with E-state index < -0.39 is 9.84 Å². The zero-order valence-corrected chi connectivity index (χ0v) is 21.1. The number of benzene rings is 3. The van der Waals surface area contributed by atoms with Crippen molar-refractivity contribution >= 4 is 21.3 Å². The zero-order chi connectivity index (χ0) is 25.8. The van der Waals surface area contributed by atoms with Crippen LogP contribution in [-0.2, 0) is 9.84 Å². The lowest BCUT2D eigenvalue weighted by Crippen LogP contribution is -2.05. The number of hydrogen-bond acceptors (Lipinski definition) is 8. The number of sulfone groups is 1. The Labute approximate surface area is 214 Å². The fraction of sp³-hybridized carbons (Fsp3) is 0.111. The molecule has 0 radical (unpaired) electrons. The normalized spacial score (nSPS) is 11.3. The first-order valence-electron chi connectivity index (χ1n) is 11.6. The average molecular weight is 513 g/mol. The number of nitrogens with one attached hydrogen (secondary N) is 1. The SMILES string of the molecule is CCS(=O)(=O)c1ccc(OC)c(Nc2cn(-c3cc(-c4ccccc4)nc(-c4ccccc4)n3)nn2)c1. The van der Waals surface area contributed by atoms with Crippen molar-refractivity contribution in [1.82, 2.24) is 25.0 Å². The summed E-state index contributed by atoms with van der Waals surface area (Å²) in [5.41, 5.74) is 3.02. The van der Waals surface area contributed by atoms with Gasteiger partial charge in [0, 0.05) is 17.2 Å². The minimum absolute atomic E-state index is 0.00381. The van der Waals surface area contributed by atoms with Crippen molar-refractivity contribution in [3.05, 3.63) is 91.1 Å². The van der Waals surface area contributed by atoms with Gasteiger partial charge in [-0.2, -0.15) is 0 Å². The van der Waals surface area contributed by atoms with E-state index in [-0.39, 0.29) is 10.6 Å². The number of aromatic nitrogens is 5. The Hall–Kier alpha value is -4.57. The highest BCUT2D eigenvalue weighted by molar-refractivity contribution is 7.91. The van der Waals surface area contributed by atoms with Gasteiger partial charge in [-0.15, -0.1) is 5.10 Å². The third-order valence-corrected chi connectivity index (χ3v) is 7.45. The van der Waals surface area contributed by atoms with Crippen LogP contribution in [0.15, 0.2) is 96.0 Å². The maximum absolute atomic E-state index is 12.4. The third-order valence-electron chi connectivity index (χ3n) is 5.72. The van der Waals surface area contributed by atoms with Crippen LogP contribution in [0.2, 0.25) is 0 Å². The molecular formula is C27H24N6O3S. The summed E-state index contributed by atoms with van der Waals surface area (Å²) in [6.45, 7) is 1.60. The van der Waals surface area contributed by atoms with Gasteiger partial charge in [0.25, 0.3) is 0 Å². The van der Waals surface area contributed by atoms with Gasteiger partial charge in [-0.1, -0.05) is 72.8 Å². The molecule has 0 aliphatic carbocycles. The Morgan fingerprint density at radius 3 is 2.27 bits per heavy atom. The zero-order valence-electron chi connectivity index (χ0n) is 20.2. The van der Waals surface area contributed by atoms with Gasteiger partial charge in [-0.3, -0.25) is 0 Å². The summed E-state index contributed by atoms with van der Waals surface area (Å²) in [7, 11) is -1.88. The van der Waals surface area contributed by atoms with Gasteiger partial charge >= 0.3 is 0 Å². The van der Waals surface area contributed by atoms with Gasteiger partial charge < -0.3 is 10.1 Å². The van der Waals surface area contributed by atoms with Gasteiger partial charge in [0.05, 0.1) is 35.3 Å². The molecular weight excluding hydrogens is 488 g/mol. The summed E-state index contributed by atoms with van der Waals surface area (Å²) >= 11 is 0. The van der Waals surface area contributed by atoms with Crippen LogP contribution < -0.4 is 10.1 Å². The van der Waals surface area contributed by atoms with E-state index in [1.807, 2.05) is 66.7 Å². The molecule has 186 valence electrons. The number of anilines is 2. The first-order valence-corrected chi connectivity index (χ1v) is 13.2. The summed E-state index contributed by atoms with van der Waals surface area (Å²) in [6.07, 6.45) is 1.67. The highest BCUT2D eigenvalue weighted by Gasteiger charge is 2.16. The predicted octanol–water partition coefficient (Wildman–Crippen LogP) is 4.94. The minimum Gasteiger partial charge on any atom is -0.495 e. The quantitative estimate of drug-likeness (QED) is 0.311. The smallest absolute Gasteiger partial charge is 0.178 e. The first kappa shape index (κ1) is 24.1. The second kappa shape index (κ2) is 10.2. The van der Waals surface area contributed by atoms with E-state index in [2.05, 4.69) is 15.6 Å². The summed E-state index contributed by atoms with van der Waals surface area (Å²) < 4.78 is 31.7. The molecule has 5 aromatic rings. The molecule has 9 nitrogen and oxygen atoms in total. The van der Waals surface area contributed by atoms with E-state index in [0.717, 1.165) is 16.8 Å². The van der Waals surface area contributed by atoms with Gasteiger partial charge in [0.2, 0.25) is 0 Å². The molecule has 0 atom stereocenters. The monoisotopic (exact) mass is 512 g/mol. The summed E-state index contributed by atoms with van der Waals surface area (Å²) in [5, 5.41) is 11.6. The van der Waals surface area contributed by atoms with E-state index in [1.165, 1.54) is 19.2 Å². The first-order chi connectivity index (χ1) is 18.0. The Kier molecular flexibility index (Phi) is 6.65. The Morgan fingerprint density at radius 1 is 0.892 bits per heavy atom. The van der Waals surface area contributed by atoms with Gasteiger partial charge in [-0.25, -0.2) is 23.1 Å².